The normalized spacial score (nSPS) is 10.8. The first kappa shape index (κ1) is 13.7. The van der Waals surface area contributed by atoms with Gasteiger partial charge in [-0.05, 0) is 24.6 Å². The van der Waals surface area contributed by atoms with Crippen LogP contribution in [0.25, 0.3) is 0 Å². The van der Waals surface area contributed by atoms with Gasteiger partial charge in [-0.25, -0.2) is 0 Å². The fraction of sp³-hybridized carbons (Fsp3) is 0.385. The van der Waals surface area contributed by atoms with Crippen molar-refractivity contribution in [2.45, 2.75) is 27.2 Å². The molecule has 0 aliphatic carbocycles. The summed E-state index contributed by atoms with van der Waals surface area (Å²) in [5, 5.41) is 11.8. The average Bonchev–Trinajstić information content (AvgIpc) is 2.29. The highest BCUT2D eigenvalue weighted by molar-refractivity contribution is 9.10. The summed E-state index contributed by atoms with van der Waals surface area (Å²) >= 11 is 3.32. The number of benzene rings is 1. The molecule has 4 heteroatoms. The van der Waals surface area contributed by atoms with E-state index in [1.165, 1.54) is 0 Å². The van der Waals surface area contributed by atoms with Gasteiger partial charge in [0.1, 0.15) is 6.07 Å². The third-order valence-corrected chi connectivity index (χ3v) is 3.34. The van der Waals surface area contributed by atoms with Gasteiger partial charge < -0.3 is 5.32 Å². The van der Waals surface area contributed by atoms with Gasteiger partial charge in [-0.15, -0.1) is 0 Å². The summed E-state index contributed by atoms with van der Waals surface area (Å²) in [7, 11) is 0. The van der Waals surface area contributed by atoms with Gasteiger partial charge in [0.2, 0.25) is 5.91 Å². The van der Waals surface area contributed by atoms with Crippen LogP contribution in [-0.2, 0) is 4.79 Å². The van der Waals surface area contributed by atoms with Gasteiger partial charge in [-0.1, -0.05) is 36.7 Å². The Morgan fingerprint density at radius 3 is 2.71 bits per heavy atom. The molecule has 1 aromatic rings. The Labute approximate surface area is 110 Å². The molecule has 0 radical (unpaired) electrons. The maximum Gasteiger partial charge on any atom is 0.230 e. The molecule has 0 spiro atoms. The highest BCUT2D eigenvalue weighted by atomic mass is 79.9. The number of hydrogen-bond donors (Lipinski definition) is 1. The van der Waals surface area contributed by atoms with Crippen LogP contribution in [0.1, 0.15) is 32.8 Å². The summed E-state index contributed by atoms with van der Waals surface area (Å²) in [6.45, 7) is 5.73. The molecule has 1 rings (SSSR count). The first-order valence-electron chi connectivity index (χ1n) is 5.42. The van der Waals surface area contributed by atoms with Crippen molar-refractivity contribution in [3.05, 3.63) is 28.2 Å². The fourth-order valence-corrected chi connectivity index (χ4v) is 1.53. The van der Waals surface area contributed by atoms with Gasteiger partial charge in [-0.2, -0.15) is 5.26 Å². The van der Waals surface area contributed by atoms with Crippen LogP contribution in [0.3, 0.4) is 0 Å². The third kappa shape index (κ3) is 3.31. The van der Waals surface area contributed by atoms with Crippen LogP contribution in [0.2, 0.25) is 0 Å². The SMILES string of the molecule is CCC(C)(C)C(=O)Nc1cc(Br)ccc1C#N. The number of amides is 1. The van der Waals surface area contributed by atoms with Crippen molar-refractivity contribution in [1.29, 1.82) is 5.26 Å². The van der Waals surface area contributed by atoms with E-state index < -0.39 is 5.41 Å². The Kier molecular flexibility index (Phi) is 4.30. The number of halogens is 1. The van der Waals surface area contributed by atoms with Gasteiger partial charge in [0.15, 0.2) is 0 Å². The summed E-state index contributed by atoms with van der Waals surface area (Å²) < 4.78 is 0.834. The minimum absolute atomic E-state index is 0.0744. The van der Waals surface area contributed by atoms with Gasteiger partial charge in [0.25, 0.3) is 0 Å². The lowest BCUT2D eigenvalue weighted by atomic mass is 9.89. The molecule has 0 fully saturated rings. The van der Waals surface area contributed by atoms with Crippen molar-refractivity contribution in [3.8, 4) is 6.07 Å². The third-order valence-electron chi connectivity index (χ3n) is 2.85. The van der Waals surface area contributed by atoms with Gasteiger partial charge in [0, 0.05) is 9.89 Å². The summed E-state index contributed by atoms with van der Waals surface area (Å²) in [6.07, 6.45) is 0.745. The van der Waals surface area contributed by atoms with E-state index in [9.17, 15) is 4.79 Å². The second-order valence-electron chi connectivity index (χ2n) is 4.49. The van der Waals surface area contributed by atoms with Crippen molar-refractivity contribution in [3.63, 3.8) is 0 Å². The molecular weight excluding hydrogens is 280 g/mol. The van der Waals surface area contributed by atoms with Crippen LogP contribution in [0.4, 0.5) is 5.69 Å². The quantitative estimate of drug-likeness (QED) is 0.924. The maximum atomic E-state index is 12.0. The average molecular weight is 295 g/mol. The molecule has 0 aliphatic heterocycles. The zero-order valence-corrected chi connectivity index (χ0v) is 11.8. The Balaban J connectivity index is 3.00. The van der Waals surface area contributed by atoms with E-state index in [4.69, 9.17) is 5.26 Å². The molecule has 0 bridgehead atoms. The van der Waals surface area contributed by atoms with Crippen LogP contribution in [-0.4, -0.2) is 5.91 Å². The standard InChI is InChI=1S/C13H15BrN2O/c1-4-13(2,3)12(17)16-11-7-10(14)6-5-9(11)8-15/h5-7H,4H2,1-3H3,(H,16,17). The van der Waals surface area contributed by atoms with Crippen LogP contribution >= 0.6 is 15.9 Å². The number of anilines is 1. The lowest BCUT2D eigenvalue weighted by Gasteiger charge is -2.21. The predicted molar refractivity (Wildman–Crippen MR) is 71.6 cm³/mol. The molecule has 0 heterocycles. The molecule has 17 heavy (non-hydrogen) atoms. The summed E-state index contributed by atoms with van der Waals surface area (Å²) in [6, 6.07) is 7.26. The Morgan fingerprint density at radius 1 is 1.53 bits per heavy atom. The van der Waals surface area contributed by atoms with E-state index in [1.807, 2.05) is 20.8 Å². The minimum Gasteiger partial charge on any atom is -0.324 e. The molecule has 90 valence electrons. The second kappa shape index (κ2) is 5.33. The van der Waals surface area contributed by atoms with Gasteiger partial charge in [0.05, 0.1) is 11.3 Å². The lowest BCUT2D eigenvalue weighted by molar-refractivity contribution is -0.124. The number of nitriles is 1. The maximum absolute atomic E-state index is 12.0. The number of nitrogens with one attached hydrogen (secondary N) is 1. The van der Waals surface area contributed by atoms with Crippen LogP contribution in [0.15, 0.2) is 22.7 Å². The zero-order valence-electron chi connectivity index (χ0n) is 10.2. The van der Waals surface area contributed by atoms with E-state index in [2.05, 4.69) is 27.3 Å². The summed E-state index contributed by atoms with van der Waals surface area (Å²) in [5.74, 6) is -0.0744. The number of nitrogens with zero attached hydrogens (tertiary/aromatic N) is 1. The topological polar surface area (TPSA) is 52.9 Å². The Hall–Kier alpha value is -1.34. The van der Waals surface area contributed by atoms with E-state index in [1.54, 1.807) is 18.2 Å². The monoisotopic (exact) mass is 294 g/mol. The van der Waals surface area contributed by atoms with E-state index in [-0.39, 0.29) is 5.91 Å². The van der Waals surface area contributed by atoms with Crippen molar-refractivity contribution >= 4 is 27.5 Å². The number of carbonyl (C=O) groups is 1. The molecule has 0 saturated carbocycles. The highest BCUT2D eigenvalue weighted by Crippen LogP contribution is 2.25. The fourth-order valence-electron chi connectivity index (χ4n) is 1.17. The van der Waals surface area contributed by atoms with Crippen molar-refractivity contribution in [2.24, 2.45) is 5.41 Å². The van der Waals surface area contributed by atoms with Gasteiger partial charge >= 0.3 is 0 Å². The second-order valence-corrected chi connectivity index (χ2v) is 5.41. The van der Waals surface area contributed by atoms with E-state index in [0.717, 1.165) is 10.9 Å². The minimum atomic E-state index is -0.435. The van der Waals surface area contributed by atoms with Crippen molar-refractivity contribution < 1.29 is 4.79 Å². The molecule has 0 saturated heterocycles. The molecule has 1 amide bonds. The summed E-state index contributed by atoms with van der Waals surface area (Å²) in [4.78, 5) is 12.0. The molecule has 3 nitrogen and oxygen atoms in total. The number of rotatable bonds is 3. The molecule has 0 atom stereocenters. The molecular formula is C13H15BrN2O. The zero-order chi connectivity index (χ0) is 13.1. The van der Waals surface area contributed by atoms with Crippen molar-refractivity contribution in [1.82, 2.24) is 0 Å². The molecule has 1 aromatic carbocycles. The molecule has 0 unspecified atom stereocenters. The van der Waals surface area contributed by atoms with Crippen LogP contribution in [0, 0.1) is 16.7 Å². The first-order valence-corrected chi connectivity index (χ1v) is 6.21. The Morgan fingerprint density at radius 2 is 2.18 bits per heavy atom. The van der Waals surface area contributed by atoms with Crippen LogP contribution in [0.5, 0.6) is 0 Å². The van der Waals surface area contributed by atoms with Gasteiger partial charge in [-0.3, -0.25) is 4.79 Å². The number of hydrogen-bond acceptors (Lipinski definition) is 2. The van der Waals surface area contributed by atoms with Crippen molar-refractivity contribution in [2.75, 3.05) is 5.32 Å². The smallest absolute Gasteiger partial charge is 0.230 e. The summed E-state index contributed by atoms with van der Waals surface area (Å²) in [5.41, 5.74) is 0.580. The molecule has 1 N–H and O–H groups in total. The highest BCUT2D eigenvalue weighted by Gasteiger charge is 2.25. The lowest BCUT2D eigenvalue weighted by Crippen LogP contribution is -2.30. The first-order chi connectivity index (χ1) is 7.90. The van der Waals surface area contributed by atoms with E-state index in [0.29, 0.717) is 11.3 Å². The van der Waals surface area contributed by atoms with E-state index >= 15 is 0 Å². The molecule has 0 aromatic heterocycles. The Bertz CT molecular complexity index is 475. The predicted octanol–water partition coefficient (Wildman–Crippen LogP) is 3.70. The number of carbonyl (C=O) groups excluding carboxylic acids is 1. The van der Waals surface area contributed by atoms with Crippen LogP contribution < -0.4 is 5.32 Å². The largest absolute Gasteiger partial charge is 0.324 e. The molecule has 0 aliphatic rings.